The van der Waals surface area contributed by atoms with Crippen LogP contribution in [0.2, 0.25) is 0 Å². The van der Waals surface area contributed by atoms with Crippen LogP contribution in [0.3, 0.4) is 0 Å². The first-order chi connectivity index (χ1) is 42.2. The summed E-state index contributed by atoms with van der Waals surface area (Å²) in [6, 6.07) is 53.5. The van der Waals surface area contributed by atoms with Crippen molar-refractivity contribution in [3.05, 3.63) is 237 Å². The summed E-state index contributed by atoms with van der Waals surface area (Å²) < 4.78 is 71.0. The van der Waals surface area contributed by atoms with Gasteiger partial charge in [0.25, 0.3) is 0 Å². The first-order valence-corrected chi connectivity index (χ1v) is 30.1. The van der Waals surface area contributed by atoms with Crippen LogP contribution in [0, 0.1) is 73.6 Å². The van der Waals surface area contributed by atoms with Gasteiger partial charge in [0.1, 0.15) is 16.7 Å². The van der Waals surface area contributed by atoms with Crippen LogP contribution < -0.4 is 0 Å². The average Bonchev–Trinajstić information content (AvgIpc) is 1.67. The Morgan fingerprint density at radius 3 is 1.21 bits per heavy atom. The summed E-state index contributed by atoms with van der Waals surface area (Å²) in [6.07, 6.45) is 15.1. The molecule has 0 unspecified atom stereocenters. The Morgan fingerprint density at radius 2 is 0.789 bits per heavy atom. The number of hydrogen-bond donors (Lipinski definition) is 2. The molecule has 0 atom stereocenters. The van der Waals surface area contributed by atoms with E-state index in [1.807, 2.05) is 85.5 Å². The second kappa shape index (κ2) is 31.9. The number of furan rings is 2. The molecule has 0 aliphatic heterocycles. The molecule has 472 valence electrons. The molecule has 0 spiro atoms. The number of alkyl halides is 3. The number of aromatic nitrogens is 4. The number of para-hydroxylation sites is 3. The van der Waals surface area contributed by atoms with Crippen LogP contribution in [0.25, 0.3) is 88.9 Å². The first-order valence-electron chi connectivity index (χ1n) is 28.7. The molecule has 12 aromatic rings. The van der Waals surface area contributed by atoms with Gasteiger partial charge in [0, 0.05) is 101 Å². The van der Waals surface area contributed by atoms with E-state index >= 15 is 0 Å². The number of aliphatic hydroxyl groups excluding tert-OH is 2. The van der Waals surface area contributed by atoms with Crippen molar-refractivity contribution < 1.29 is 85.4 Å². The Hall–Kier alpha value is -7.56. The van der Waals surface area contributed by atoms with Crippen molar-refractivity contribution in [3.8, 4) is 45.0 Å². The maximum absolute atomic E-state index is 10.7. The molecule has 14 rings (SSSR count). The van der Waals surface area contributed by atoms with Gasteiger partial charge in [0.15, 0.2) is 10.1 Å². The van der Waals surface area contributed by atoms with Crippen LogP contribution in [0.4, 0.5) is 13.2 Å². The number of hydrogen-bond acceptors (Lipinski definition) is 11. The van der Waals surface area contributed by atoms with Gasteiger partial charge in [-0.15, -0.1) is 88.0 Å². The molecular formula is C73H69F3Ir2N4O7S-4. The Kier molecular flexibility index (Phi) is 25.4. The van der Waals surface area contributed by atoms with Crippen LogP contribution in [-0.4, -0.2) is 62.8 Å². The van der Waals surface area contributed by atoms with E-state index in [9.17, 15) is 13.2 Å². The molecule has 6 aromatic heterocycles. The van der Waals surface area contributed by atoms with Crippen molar-refractivity contribution >= 4 is 54.0 Å². The first kappa shape index (κ1) is 71.5. The Bertz CT molecular complexity index is 4280. The Balaban J connectivity index is 0.000000180. The number of pyridine rings is 4. The van der Waals surface area contributed by atoms with Gasteiger partial charge in [-0.1, -0.05) is 120 Å². The van der Waals surface area contributed by atoms with Crippen molar-refractivity contribution in [1.29, 1.82) is 0 Å². The molecule has 0 bridgehead atoms. The van der Waals surface area contributed by atoms with Gasteiger partial charge in [-0.05, 0) is 137 Å². The maximum Gasteiger partial charge on any atom is 0.485 e. The quantitative estimate of drug-likeness (QED) is 0.0974. The van der Waals surface area contributed by atoms with E-state index in [1.54, 1.807) is 0 Å². The smallest absolute Gasteiger partial charge is 0.485 e. The minimum Gasteiger partial charge on any atom is -0.741 e. The molecule has 90 heavy (non-hydrogen) atoms. The second-order valence-corrected chi connectivity index (χ2v) is 22.8. The third-order valence-electron chi connectivity index (χ3n) is 15.7. The Morgan fingerprint density at radius 1 is 0.444 bits per heavy atom. The molecule has 6 aromatic carbocycles. The number of nitrogens with zero attached hydrogens (tertiary/aromatic N) is 4. The molecule has 0 saturated heterocycles. The van der Waals surface area contributed by atoms with E-state index in [2.05, 4.69) is 160 Å². The van der Waals surface area contributed by atoms with Crippen LogP contribution in [0.5, 0.6) is 0 Å². The Labute approximate surface area is 551 Å². The zero-order chi connectivity index (χ0) is 63.5. The van der Waals surface area contributed by atoms with E-state index in [-0.39, 0.29) is 40.2 Å². The van der Waals surface area contributed by atoms with Crippen molar-refractivity contribution in [2.75, 3.05) is 14.2 Å². The molecule has 2 aliphatic carbocycles. The summed E-state index contributed by atoms with van der Waals surface area (Å²) in [5, 5.41) is 18.5. The van der Waals surface area contributed by atoms with Gasteiger partial charge in [0.05, 0.1) is 11.3 Å². The van der Waals surface area contributed by atoms with Gasteiger partial charge in [-0.2, -0.15) is 13.2 Å². The number of aliphatic hydroxyl groups is 2. The van der Waals surface area contributed by atoms with Crippen molar-refractivity contribution in [1.82, 2.24) is 19.9 Å². The fraction of sp³-hybridized carbons (Fsp3) is 0.233. The number of halogens is 3. The molecule has 0 saturated carbocycles. The predicted molar refractivity (Wildman–Crippen MR) is 344 cm³/mol. The van der Waals surface area contributed by atoms with E-state index in [0.29, 0.717) is 0 Å². The predicted octanol–water partition coefficient (Wildman–Crippen LogP) is 16.9. The van der Waals surface area contributed by atoms with E-state index in [4.69, 9.17) is 32.0 Å². The van der Waals surface area contributed by atoms with Crippen molar-refractivity contribution in [3.63, 3.8) is 0 Å². The summed E-state index contributed by atoms with van der Waals surface area (Å²) in [5.74, 6) is 0. The third kappa shape index (κ3) is 16.5. The number of rotatable bonds is 4. The van der Waals surface area contributed by atoms with Gasteiger partial charge in [-0.25, -0.2) is 8.42 Å². The standard InChI is InChI=1S/C19H15NO.C19H14NO.2C16H16N.CHF3O3S.2CH4O.2Ir/c2*1-12-10-17(20-11-13(12)2)16-8-5-7-15-14-6-3-4-9-18(14)21-19(15)16;2*1-11-9-16(17-10-12(11)2)15-8-4-6-13-5-3-7-14(13)15;2-1(3,4)8(5,6)7;2*1-2;;/h3-11H,1-2H3;3-7,9-11H,1-2H3;2*4,6,9-10H,3,5,7H2,1-2H3;(H,5,6,7);2*2H,1H3;;/q;3*-1;;;;;/p-1. The van der Waals surface area contributed by atoms with Gasteiger partial charge in [-0.3, -0.25) is 4.98 Å². The van der Waals surface area contributed by atoms with Crippen LogP contribution >= 0.6 is 0 Å². The van der Waals surface area contributed by atoms with Crippen LogP contribution in [-0.2, 0) is 76.0 Å². The van der Waals surface area contributed by atoms with Gasteiger partial charge >= 0.3 is 5.51 Å². The summed E-state index contributed by atoms with van der Waals surface area (Å²) in [6.45, 7) is 16.8. The molecular weight excluding hydrogens is 1520 g/mol. The molecule has 17 heteroatoms. The van der Waals surface area contributed by atoms with Crippen molar-refractivity contribution in [2.45, 2.75) is 99.4 Å². The van der Waals surface area contributed by atoms with Crippen molar-refractivity contribution in [2.24, 2.45) is 0 Å². The molecule has 11 nitrogen and oxygen atoms in total. The zero-order valence-corrected chi connectivity index (χ0v) is 57.2. The van der Waals surface area contributed by atoms with E-state index < -0.39 is 15.6 Å². The molecule has 2 radical (unpaired) electrons. The summed E-state index contributed by atoms with van der Waals surface area (Å²) >= 11 is 0. The fourth-order valence-electron chi connectivity index (χ4n) is 10.4. The topological polar surface area (TPSA) is 176 Å². The number of benzene rings is 6. The van der Waals surface area contributed by atoms with E-state index in [0.717, 1.165) is 92.0 Å². The summed E-state index contributed by atoms with van der Waals surface area (Å²) in [4.78, 5) is 18.2. The van der Waals surface area contributed by atoms with Gasteiger partial charge < -0.3 is 38.6 Å². The average molecular weight is 1590 g/mol. The number of aryl methyl sites for hydroxylation is 10. The largest absolute Gasteiger partial charge is 0.741 e. The molecule has 6 heterocycles. The molecule has 2 N–H and O–H groups in total. The fourth-order valence-corrected chi connectivity index (χ4v) is 10.4. The third-order valence-corrected chi connectivity index (χ3v) is 16.3. The molecule has 0 amide bonds. The maximum atomic E-state index is 10.7. The minimum absolute atomic E-state index is 0. The summed E-state index contributed by atoms with van der Waals surface area (Å²) in [5.41, 5.74) is 22.2. The number of fused-ring (bicyclic) bond motifs is 8. The monoisotopic (exact) mass is 1590 g/mol. The summed E-state index contributed by atoms with van der Waals surface area (Å²) in [7, 11) is -4.09. The van der Waals surface area contributed by atoms with E-state index in [1.165, 1.54) is 116 Å². The molecule has 0 fully saturated rings. The SMILES string of the molecule is CO.CO.Cc1cnc(-c2[c-]ccc3c2CCC3)cc1C.Cc1cnc(-c2[c-]ccc3c2CCC3)cc1C.Cc1cnc(-c2[c-]ccc3c2oc2ccccc23)cc1C.Cc1cnc(-c2cccc3c2oc2ccccc23)cc1C.O=S(=O)([O-])C(F)(F)F.[Ir].[Ir]. The van der Waals surface area contributed by atoms with Gasteiger partial charge in [0.2, 0.25) is 0 Å². The second-order valence-electron chi connectivity index (χ2n) is 21.4. The minimum atomic E-state index is -6.09. The van der Waals surface area contributed by atoms with Crippen LogP contribution in [0.1, 0.15) is 79.6 Å². The van der Waals surface area contributed by atoms with Crippen LogP contribution in [0.15, 0.2) is 161 Å². The zero-order valence-electron chi connectivity index (χ0n) is 51.6. The molecule has 2 aliphatic rings. The normalized spacial score (nSPS) is 11.9.